The van der Waals surface area contributed by atoms with Crippen molar-refractivity contribution in [3.8, 4) is 17.2 Å². The van der Waals surface area contributed by atoms with Gasteiger partial charge in [0.2, 0.25) is 0 Å². The maximum absolute atomic E-state index is 11.8. The van der Waals surface area contributed by atoms with E-state index in [1.807, 2.05) is 39.0 Å². The molecule has 25 heavy (non-hydrogen) atoms. The summed E-state index contributed by atoms with van der Waals surface area (Å²) >= 11 is 0. The van der Waals surface area contributed by atoms with E-state index in [1.165, 1.54) is 0 Å². The van der Waals surface area contributed by atoms with Crippen molar-refractivity contribution in [2.24, 2.45) is 0 Å². The molecule has 3 N–H and O–H groups in total. The van der Waals surface area contributed by atoms with Gasteiger partial charge in [-0.1, -0.05) is 6.07 Å². The van der Waals surface area contributed by atoms with Crippen molar-refractivity contribution < 1.29 is 19.0 Å². The zero-order valence-corrected chi connectivity index (χ0v) is 15.0. The Morgan fingerprint density at radius 1 is 1.08 bits per heavy atom. The molecule has 6 heteroatoms. The van der Waals surface area contributed by atoms with Gasteiger partial charge in [-0.25, -0.2) is 4.79 Å². The van der Waals surface area contributed by atoms with Crippen LogP contribution in [-0.4, -0.2) is 18.8 Å². The van der Waals surface area contributed by atoms with Crippen molar-refractivity contribution in [2.75, 3.05) is 12.8 Å². The maximum Gasteiger partial charge on any atom is 0.407 e. The number of carbonyl (C=O) groups is 1. The quantitative estimate of drug-likeness (QED) is 0.798. The van der Waals surface area contributed by atoms with Gasteiger partial charge in [-0.15, -0.1) is 0 Å². The molecule has 1 amide bonds. The summed E-state index contributed by atoms with van der Waals surface area (Å²) in [7, 11) is 1.60. The van der Waals surface area contributed by atoms with Crippen molar-refractivity contribution >= 4 is 11.8 Å². The fraction of sp³-hybridized carbons (Fsp3) is 0.316. The summed E-state index contributed by atoms with van der Waals surface area (Å²) in [6.07, 6.45) is -0.494. The van der Waals surface area contributed by atoms with Gasteiger partial charge >= 0.3 is 6.09 Å². The first kappa shape index (κ1) is 18.4. The molecule has 2 aromatic carbocycles. The van der Waals surface area contributed by atoms with Crippen LogP contribution in [0, 0.1) is 0 Å². The van der Waals surface area contributed by atoms with E-state index in [9.17, 15) is 4.79 Å². The Balaban J connectivity index is 2.05. The molecule has 0 aliphatic rings. The lowest BCUT2D eigenvalue weighted by atomic mass is 10.1. The third-order valence-corrected chi connectivity index (χ3v) is 3.21. The molecule has 0 aliphatic carbocycles. The van der Waals surface area contributed by atoms with E-state index >= 15 is 0 Å². The third kappa shape index (κ3) is 5.91. The van der Waals surface area contributed by atoms with E-state index in [0.717, 1.165) is 5.56 Å². The van der Waals surface area contributed by atoms with Crippen molar-refractivity contribution in [3.63, 3.8) is 0 Å². The van der Waals surface area contributed by atoms with Gasteiger partial charge in [0.25, 0.3) is 0 Å². The maximum atomic E-state index is 11.8. The van der Waals surface area contributed by atoms with Crippen LogP contribution in [0.15, 0.2) is 42.5 Å². The number of anilines is 1. The average molecular weight is 344 g/mol. The number of nitrogens with one attached hydrogen (secondary N) is 1. The van der Waals surface area contributed by atoms with Crippen LogP contribution in [0.4, 0.5) is 10.5 Å². The number of carbonyl (C=O) groups excluding carboxylic acids is 1. The predicted molar refractivity (Wildman–Crippen MR) is 97.0 cm³/mol. The molecule has 0 aliphatic heterocycles. The SMILES string of the molecule is COc1cccc(Oc2ccc(N)c(CNC(=O)OC(C)(C)C)c2)c1. The highest BCUT2D eigenvalue weighted by Crippen LogP contribution is 2.27. The number of hydrogen-bond acceptors (Lipinski definition) is 5. The third-order valence-electron chi connectivity index (χ3n) is 3.21. The van der Waals surface area contributed by atoms with E-state index < -0.39 is 11.7 Å². The minimum Gasteiger partial charge on any atom is -0.497 e. The van der Waals surface area contributed by atoms with Gasteiger partial charge in [-0.3, -0.25) is 0 Å². The lowest BCUT2D eigenvalue weighted by Gasteiger charge is -2.20. The molecule has 0 saturated carbocycles. The zero-order valence-electron chi connectivity index (χ0n) is 15.0. The fourth-order valence-corrected chi connectivity index (χ4v) is 2.08. The molecule has 0 heterocycles. The number of hydrogen-bond donors (Lipinski definition) is 2. The number of benzene rings is 2. The Morgan fingerprint density at radius 3 is 2.44 bits per heavy atom. The number of methoxy groups -OCH3 is 1. The second kappa shape index (κ2) is 7.79. The Bertz CT molecular complexity index is 738. The summed E-state index contributed by atoms with van der Waals surface area (Å²) in [5.41, 5.74) is 6.73. The number of alkyl carbamates (subject to hydrolysis) is 1. The molecule has 0 fully saturated rings. The Hall–Kier alpha value is -2.89. The number of amides is 1. The summed E-state index contributed by atoms with van der Waals surface area (Å²) in [5.74, 6) is 1.97. The highest BCUT2D eigenvalue weighted by Gasteiger charge is 2.16. The minimum absolute atomic E-state index is 0.246. The smallest absolute Gasteiger partial charge is 0.407 e. The van der Waals surface area contributed by atoms with Crippen LogP contribution in [0.2, 0.25) is 0 Å². The van der Waals surface area contributed by atoms with E-state index in [0.29, 0.717) is 22.9 Å². The van der Waals surface area contributed by atoms with Gasteiger partial charge in [-0.2, -0.15) is 0 Å². The predicted octanol–water partition coefficient (Wildman–Crippen LogP) is 4.09. The lowest BCUT2D eigenvalue weighted by molar-refractivity contribution is 0.0523. The molecule has 0 aromatic heterocycles. The molecule has 0 atom stereocenters. The molecule has 0 radical (unpaired) electrons. The van der Waals surface area contributed by atoms with Crippen LogP contribution in [-0.2, 0) is 11.3 Å². The number of nitrogens with two attached hydrogens (primary N) is 1. The molecule has 134 valence electrons. The van der Waals surface area contributed by atoms with Crippen LogP contribution < -0.4 is 20.5 Å². The van der Waals surface area contributed by atoms with Gasteiger partial charge < -0.3 is 25.3 Å². The highest BCUT2D eigenvalue weighted by molar-refractivity contribution is 5.68. The first-order valence-electron chi connectivity index (χ1n) is 7.94. The molecular weight excluding hydrogens is 320 g/mol. The monoisotopic (exact) mass is 344 g/mol. The van der Waals surface area contributed by atoms with E-state index in [4.69, 9.17) is 19.9 Å². The van der Waals surface area contributed by atoms with Crippen molar-refractivity contribution in [1.29, 1.82) is 0 Å². The Kier molecular flexibility index (Phi) is 5.75. The van der Waals surface area contributed by atoms with E-state index in [-0.39, 0.29) is 6.54 Å². The van der Waals surface area contributed by atoms with E-state index in [1.54, 1.807) is 31.4 Å². The normalized spacial score (nSPS) is 10.9. The fourth-order valence-electron chi connectivity index (χ4n) is 2.08. The molecule has 2 aromatic rings. The number of rotatable bonds is 5. The first-order chi connectivity index (χ1) is 11.8. The van der Waals surface area contributed by atoms with Gasteiger partial charge in [0, 0.05) is 18.3 Å². The summed E-state index contributed by atoms with van der Waals surface area (Å²) in [6.45, 7) is 5.67. The number of ether oxygens (including phenoxy) is 3. The van der Waals surface area contributed by atoms with Crippen molar-refractivity contribution in [1.82, 2.24) is 5.32 Å². The Morgan fingerprint density at radius 2 is 1.76 bits per heavy atom. The molecular formula is C19H24N2O4. The second-order valence-corrected chi connectivity index (χ2v) is 6.50. The summed E-state index contributed by atoms with van der Waals surface area (Å²) < 4.78 is 16.2. The average Bonchev–Trinajstić information content (AvgIpc) is 2.54. The second-order valence-electron chi connectivity index (χ2n) is 6.50. The zero-order chi connectivity index (χ0) is 18.4. The molecule has 0 saturated heterocycles. The topological polar surface area (TPSA) is 82.8 Å². The lowest BCUT2D eigenvalue weighted by Crippen LogP contribution is -2.32. The molecule has 6 nitrogen and oxygen atoms in total. The highest BCUT2D eigenvalue weighted by atomic mass is 16.6. The summed E-state index contributed by atoms with van der Waals surface area (Å²) in [6, 6.07) is 12.6. The van der Waals surface area contributed by atoms with Crippen molar-refractivity contribution in [2.45, 2.75) is 32.9 Å². The molecule has 0 spiro atoms. The van der Waals surface area contributed by atoms with Crippen LogP contribution in [0.25, 0.3) is 0 Å². The molecule has 0 bridgehead atoms. The Labute approximate surface area is 147 Å². The van der Waals surface area contributed by atoms with Gasteiger partial charge in [0.1, 0.15) is 22.8 Å². The number of nitrogen functional groups attached to an aromatic ring is 1. The van der Waals surface area contributed by atoms with Crippen LogP contribution >= 0.6 is 0 Å². The summed E-state index contributed by atoms with van der Waals surface area (Å²) in [4.78, 5) is 11.8. The van der Waals surface area contributed by atoms with Crippen LogP contribution in [0.5, 0.6) is 17.2 Å². The molecule has 0 unspecified atom stereocenters. The first-order valence-corrected chi connectivity index (χ1v) is 7.94. The molecule has 2 rings (SSSR count). The minimum atomic E-state index is -0.549. The standard InChI is InChI=1S/C19H24N2O4/c1-19(2,3)25-18(22)21-12-13-10-16(8-9-17(13)20)24-15-7-5-6-14(11-15)23-4/h5-11H,12,20H2,1-4H3,(H,21,22). The van der Waals surface area contributed by atoms with Gasteiger partial charge in [0.15, 0.2) is 0 Å². The van der Waals surface area contributed by atoms with Crippen molar-refractivity contribution in [3.05, 3.63) is 48.0 Å². The van der Waals surface area contributed by atoms with E-state index in [2.05, 4.69) is 5.32 Å². The largest absolute Gasteiger partial charge is 0.497 e. The van der Waals surface area contributed by atoms with Crippen LogP contribution in [0.3, 0.4) is 0 Å². The van der Waals surface area contributed by atoms with Gasteiger partial charge in [0.05, 0.1) is 7.11 Å². The summed E-state index contributed by atoms with van der Waals surface area (Å²) in [5, 5.41) is 2.69. The van der Waals surface area contributed by atoms with Crippen LogP contribution in [0.1, 0.15) is 26.3 Å². The van der Waals surface area contributed by atoms with Gasteiger partial charge in [-0.05, 0) is 56.7 Å².